The molecule has 1 aliphatic carbocycles. The van der Waals surface area contributed by atoms with Gasteiger partial charge in [0.2, 0.25) is 5.43 Å². The van der Waals surface area contributed by atoms with Gasteiger partial charge in [-0.3, -0.25) is 9.59 Å². The second-order valence-corrected chi connectivity index (χ2v) is 14.9. The summed E-state index contributed by atoms with van der Waals surface area (Å²) in [4.78, 5) is 29.6. The number of allylic oxidation sites excluding steroid dienone is 6. The normalized spacial score (nSPS) is 16.7. The largest absolute Gasteiger partial charge is 0.508 e. The molecule has 0 aliphatic heterocycles. The van der Waals surface area contributed by atoms with Gasteiger partial charge >= 0.3 is 0 Å². The summed E-state index contributed by atoms with van der Waals surface area (Å²) < 4.78 is 6.52. The third-order valence-corrected chi connectivity index (χ3v) is 10.3. The van der Waals surface area contributed by atoms with Crippen molar-refractivity contribution in [3.8, 4) is 57.3 Å². The Balaban J connectivity index is 1.69. The molecule has 0 fully saturated rings. The van der Waals surface area contributed by atoms with Crippen molar-refractivity contribution in [2.24, 2.45) is 5.92 Å². The first-order valence-corrected chi connectivity index (χ1v) is 18.1. The van der Waals surface area contributed by atoms with Crippen LogP contribution in [0.5, 0.6) is 46.0 Å². The lowest BCUT2D eigenvalue weighted by molar-refractivity contribution is 0.0877. The maximum atomic E-state index is 15.1. The smallest absolute Gasteiger partial charge is 0.200 e. The van der Waals surface area contributed by atoms with E-state index in [0.29, 0.717) is 0 Å². The third kappa shape index (κ3) is 7.27. The zero-order valence-electron chi connectivity index (χ0n) is 31.6. The van der Waals surface area contributed by atoms with Crippen molar-refractivity contribution in [1.82, 2.24) is 0 Å². The van der Waals surface area contributed by atoms with Crippen molar-refractivity contribution in [1.29, 1.82) is 0 Å². The molecule has 8 N–H and O–H groups in total. The highest BCUT2D eigenvalue weighted by Crippen LogP contribution is 2.53. The number of carbonyl (C=O) groups excluding carboxylic acids is 1. The van der Waals surface area contributed by atoms with Gasteiger partial charge < -0.3 is 45.3 Å². The number of hydrogen-bond donors (Lipinski definition) is 8. The monoisotopic (exact) mass is 760 g/mol. The van der Waals surface area contributed by atoms with E-state index in [1.807, 2.05) is 27.7 Å². The molecule has 4 aromatic carbocycles. The van der Waals surface area contributed by atoms with E-state index in [1.165, 1.54) is 36.4 Å². The molecule has 0 saturated heterocycles. The number of hydrogen-bond acceptors (Lipinski definition) is 11. The van der Waals surface area contributed by atoms with Crippen molar-refractivity contribution < 1.29 is 50.1 Å². The highest BCUT2D eigenvalue weighted by Gasteiger charge is 2.44. The minimum Gasteiger partial charge on any atom is -0.508 e. The van der Waals surface area contributed by atoms with Crippen LogP contribution in [0.15, 0.2) is 98.8 Å². The number of phenolic OH excluding ortho intramolecular Hbond substituents is 8. The molecule has 5 aromatic rings. The van der Waals surface area contributed by atoms with Gasteiger partial charge in [0.15, 0.2) is 5.78 Å². The molecule has 2 unspecified atom stereocenters. The molecule has 0 bridgehead atoms. The van der Waals surface area contributed by atoms with Crippen LogP contribution in [0.25, 0.3) is 22.3 Å². The van der Waals surface area contributed by atoms with E-state index in [0.717, 1.165) is 34.9 Å². The van der Waals surface area contributed by atoms with Crippen molar-refractivity contribution >= 4 is 16.8 Å². The molecule has 11 heteroatoms. The predicted octanol–water partition coefficient (Wildman–Crippen LogP) is 8.84. The zero-order chi connectivity index (χ0) is 40.7. The molecule has 290 valence electrons. The van der Waals surface area contributed by atoms with Gasteiger partial charge in [0.25, 0.3) is 0 Å². The Morgan fingerprint density at radius 3 is 1.98 bits per heavy atom. The van der Waals surface area contributed by atoms with Crippen molar-refractivity contribution in [3.05, 3.63) is 128 Å². The van der Waals surface area contributed by atoms with Gasteiger partial charge in [-0.15, -0.1) is 0 Å². The lowest BCUT2D eigenvalue weighted by Gasteiger charge is -2.37. The molecule has 0 amide bonds. The Morgan fingerprint density at radius 2 is 1.36 bits per heavy atom. The van der Waals surface area contributed by atoms with Gasteiger partial charge in [-0.05, 0) is 89.8 Å². The Kier molecular flexibility index (Phi) is 10.6. The second kappa shape index (κ2) is 15.3. The molecule has 56 heavy (non-hydrogen) atoms. The summed E-state index contributed by atoms with van der Waals surface area (Å²) in [5, 5.41) is 87.4. The van der Waals surface area contributed by atoms with E-state index in [4.69, 9.17) is 4.42 Å². The van der Waals surface area contributed by atoms with Gasteiger partial charge in [0.05, 0.1) is 11.1 Å². The van der Waals surface area contributed by atoms with Crippen LogP contribution in [-0.2, 0) is 12.8 Å². The van der Waals surface area contributed by atoms with Crippen LogP contribution in [-0.4, -0.2) is 46.6 Å². The summed E-state index contributed by atoms with van der Waals surface area (Å²) in [5.74, 6) is -6.93. The topological polar surface area (TPSA) is 209 Å². The Labute approximate surface area is 322 Å². The van der Waals surface area contributed by atoms with Crippen molar-refractivity contribution in [2.75, 3.05) is 0 Å². The highest BCUT2D eigenvalue weighted by molar-refractivity contribution is 6.03. The van der Waals surface area contributed by atoms with Crippen LogP contribution in [0.4, 0.5) is 0 Å². The van der Waals surface area contributed by atoms with Crippen LogP contribution in [0.1, 0.15) is 85.5 Å². The van der Waals surface area contributed by atoms with Crippen LogP contribution >= 0.6 is 0 Å². The first-order valence-electron chi connectivity index (χ1n) is 18.1. The summed E-state index contributed by atoms with van der Waals surface area (Å²) in [7, 11) is 0. The molecule has 3 atom stereocenters. The summed E-state index contributed by atoms with van der Waals surface area (Å²) in [6.45, 7) is 9.17. The van der Waals surface area contributed by atoms with Gasteiger partial charge in [0, 0.05) is 52.6 Å². The molecule has 0 radical (unpaired) electrons. The first-order chi connectivity index (χ1) is 26.5. The van der Waals surface area contributed by atoms with E-state index < -0.39 is 52.0 Å². The van der Waals surface area contributed by atoms with Gasteiger partial charge in [-0.25, -0.2) is 0 Å². The maximum Gasteiger partial charge on any atom is 0.200 e. The Bertz CT molecular complexity index is 2550. The molecule has 0 spiro atoms. The molecule has 11 nitrogen and oxygen atoms in total. The molecular formula is C45H44O11. The number of benzene rings is 4. The molecule has 1 aromatic heterocycles. The fourth-order valence-electron chi connectivity index (χ4n) is 7.60. The van der Waals surface area contributed by atoms with Crippen LogP contribution in [0, 0.1) is 5.92 Å². The minimum atomic E-state index is -1.24. The predicted molar refractivity (Wildman–Crippen MR) is 212 cm³/mol. The van der Waals surface area contributed by atoms with Gasteiger partial charge in [0.1, 0.15) is 62.7 Å². The van der Waals surface area contributed by atoms with Gasteiger partial charge in [-0.1, -0.05) is 41.0 Å². The SMILES string of the molecule is CC(C)=CCc1c(O)ccc(C(=O)[C@@H]2C(c3c(O)cc(O)c4c(=O)c(CC=C(C)C)c(-c5ccc(O)cc5O)oc34)C=C(C)CC2c2ccc(O)cc2O)c1O. The number of ketones is 1. The number of Topliss-reactive ketones (excluding diaryl/α,β-unsaturated/α-hetero) is 1. The van der Waals surface area contributed by atoms with E-state index in [1.54, 1.807) is 25.2 Å². The first kappa shape index (κ1) is 39.1. The van der Waals surface area contributed by atoms with Crippen LogP contribution < -0.4 is 5.43 Å². The number of phenols is 8. The number of carbonyl (C=O) groups is 1. The average molecular weight is 761 g/mol. The van der Waals surface area contributed by atoms with E-state index in [9.17, 15) is 45.6 Å². The number of rotatable bonds is 9. The number of aromatic hydroxyl groups is 8. The molecule has 1 heterocycles. The number of fused-ring (bicyclic) bond motifs is 1. The van der Waals surface area contributed by atoms with Gasteiger partial charge in [-0.2, -0.15) is 0 Å². The van der Waals surface area contributed by atoms with Crippen LogP contribution in [0.2, 0.25) is 0 Å². The third-order valence-electron chi connectivity index (χ3n) is 10.3. The zero-order valence-corrected chi connectivity index (χ0v) is 31.6. The molecule has 1 aliphatic rings. The summed E-state index contributed by atoms with van der Waals surface area (Å²) in [6, 6.07) is 11.4. The highest BCUT2D eigenvalue weighted by atomic mass is 16.3. The van der Waals surface area contributed by atoms with Crippen molar-refractivity contribution in [2.45, 2.75) is 65.7 Å². The lowest BCUT2D eigenvalue weighted by atomic mass is 9.65. The Morgan fingerprint density at radius 1 is 0.732 bits per heavy atom. The summed E-state index contributed by atoms with van der Waals surface area (Å²) in [5.41, 5.74) is 1.85. The molecule has 6 rings (SSSR count). The maximum absolute atomic E-state index is 15.1. The second-order valence-electron chi connectivity index (χ2n) is 14.9. The fourth-order valence-corrected chi connectivity index (χ4v) is 7.60. The summed E-state index contributed by atoms with van der Waals surface area (Å²) in [6.07, 6.45) is 5.64. The van der Waals surface area contributed by atoms with E-state index in [-0.39, 0.29) is 92.4 Å². The summed E-state index contributed by atoms with van der Waals surface area (Å²) >= 11 is 0. The minimum absolute atomic E-state index is 0.0346. The quantitative estimate of drug-likeness (QED) is 0.0526. The van der Waals surface area contributed by atoms with E-state index >= 15 is 4.79 Å². The van der Waals surface area contributed by atoms with Crippen LogP contribution in [0.3, 0.4) is 0 Å². The average Bonchev–Trinajstić information content (AvgIpc) is 3.10. The van der Waals surface area contributed by atoms with Crippen molar-refractivity contribution in [3.63, 3.8) is 0 Å². The lowest BCUT2D eigenvalue weighted by Crippen LogP contribution is -2.32. The molecule has 0 saturated carbocycles. The standard InChI is InChI=1S/C45H44O11/c1-21(2)6-10-27-33(48)15-14-29(41(27)53)42(54)38-31(26-12-8-24(46)18-34(26)49)16-23(5)17-32(38)39-36(51)20-37(52)40-43(55)30(11-7-22(3)4)44(56-45(39)40)28-13-9-25(47)19-35(28)50/h6-9,12-15,17-20,31-32,38,46-53H,10-11,16H2,1-5H3/t31?,32?,38-/m0/s1. The molecular weight excluding hydrogens is 716 g/mol. The Hall–Kier alpha value is -6.62. The van der Waals surface area contributed by atoms with E-state index in [2.05, 4.69) is 0 Å². The fraction of sp³-hybridized carbons (Fsp3) is 0.244.